The summed E-state index contributed by atoms with van der Waals surface area (Å²) in [7, 11) is -4.69. The zero-order chi connectivity index (χ0) is 17.9. The monoisotopic (exact) mass is 374 g/mol. The molecule has 0 unspecified atom stereocenters. The van der Waals surface area contributed by atoms with Crippen LogP contribution in [0.1, 0.15) is 28.9 Å². The lowest BCUT2D eigenvalue weighted by Gasteiger charge is -2.15. The maximum atomic E-state index is 12.5. The molecule has 2 aromatic rings. The van der Waals surface area contributed by atoms with Crippen molar-refractivity contribution in [3.05, 3.63) is 64.7 Å². The van der Waals surface area contributed by atoms with Crippen LogP contribution in [0.2, 0.25) is 5.02 Å². The van der Waals surface area contributed by atoms with Gasteiger partial charge in [0, 0.05) is 10.6 Å². The van der Waals surface area contributed by atoms with Crippen LogP contribution in [0.4, 0.5) is 8.78 Å². The lowest BCUT2D eigenvalue weighted by Crippen LogP contribution is -2.12. The van der Waals surface area contributed by atoms with E-state index in [0.29, 0.717) is 10.6 Å². The molecule has 128 valence electrons. The Bertz CT molecular complexity index is 835. The van der Waals surface area contributed by atoms with E-state index in [2.05, 4.69) is 0 Å². The van der Waals surface area contributed by atoms with E-state index in [9.17, 15) is 22.0 Å². The van der Waals surface area contributed by atoms with Crippen molar-refractivity contribution in [2.24, 2.45) is 0 Å². The molecule has 0 heterocycles. The summed E-state index contributed by atoms with van der Waals surface area (Å²) in [6, 6.07) is 11.0. The minimum atomic E-state index is -4.69. The van der Waals surface area contributed by atoms with Crippen molar-refractivity contribution in [1.29, 1.82) is 0 Å². The molecule has 0 saturated heterocycles. The van der Waals surface area contributed by atoms with Crippen molar-refractivity contribution < 1.29 is 26.7 Å². The van der Waals surface area contributed by atoms with E-state index in [4.69, 9.17) is 16.3 Å². The van der Waals surface area contributed by atoms with Gasteiger partial charge in [-0.25, -0.2) is 13.2 Å². The summed E-state index contributed by atoms with van der Waals surface area (Å²) in [6.45, 7) is 1.63. The van der Waals surface area contributed by atoms with E-state index in [1.54, 1.807) is 31.2 Å². The largest absolute Gasteiger partial charge is 0.454 e. The molecule has 2 aromatic carbocycles. The number of sulfone groups is 1. The SMILES string of the molecule is C[C@H](OC(=O)c1ccc(S(=O)(=O)C(F)F)cc1)c1ccccc1Cl. The highest BCUT2D eigenvalue weighted by Gasteiger charge is 2.26. The Hall–Kier alpha value is -1.99. The van der Waals surface area contributed by atoms with Crippen molar-refractivity contribution in [3.8, 4) is 0 Å². The Morgan fingerprint density at radius 1 is 1.08 bits per heavy atom. The summed E-state index contributed by atoms with van der Waals surface area (Å²) in [5.41, 5.74) is 0.659. The number of esters is 1. The van der Waals surface area contributed by atoms with E-state index in [1.807, 2.05) is 0 Å². The molecular formula is C16H13ClF2O4S. The molecule has 4 nitrogen and oxygen atoms in total. The van der Waals surface area contributed by atoms with Crippen molar-refractivity contribution >= 4 is 27.4 Å². The Labute approximate surface area is 142 Å². The summed E-state index contributed by atoms with van der Waals surface area (Å²) in [5.74, 6) is -4.24. The standard InChI is InChI=1S/C16H13ClF2O4S/c1-10(13-4-2-3-5-14(13)17)23-15(20)11-6-8-12(9-7-11)24(21,22)16(18)19/h2-10,16H,1H3/t10-/m0/s1. The van der Waals surface area contributed by atoms with Crippen LogP contribution >= 0.6 is 11.6 Å². The normalized spacial score (nSPS) is 12.9. The van der Waals surface area contributed by atoms with Gasteiger partial charge in [-0.15, -0.1) is 0 Å². The lowest BCUT2D eigenvalue weighted by molar-refractivity contribution is 0.0338. The Kier molecular flexibility index (Phi) is 5.56. The second-order valence-corrected chi connectivity index (χ2v) is 7.22. The van der Waals surface area contributed by atoms with Gasteiger partial charge in [0.2, 0.25) is 9.84 Å². The first-order valence-corrected chi connectivity index (χ1v) is 8.73. The fraction of sp³-hybridized carbons (Fsp3) is 0.188. The van der Waals surface area contributed by atoms with E-state index in [-0.39, 0.29) is 5.56 Å². The van der Waals surface area contributed by atoms with Gasteiger partial charge in [0.1, 0.15) is 6.10 Å². The first-order valence-electron chi connectivity index (χ1n) is 6.81. The van der Waals surface area contributed by atoms with Gasteiger partial charge < -0.3 is 4.74 Å². The maximum absolute atomic E-state index is 12.5. The van der Waals surface area contributed by atoms with Gasteiger partial charge in [-0.2, -0.15) is 8.78 Å². The first-order chi connectivity index (χ1) is 11.2. The quantitative estimate of drug-likeness (QED) is 0.734. The van der Waals surface area contributed by atoms with Gasteiger partial charge in [0.25, 0.3) is 0 Å². The number of hydrogen-bond acceptors (Lipinski definition) is 4. The average Bonchev–Trinajstić information content (AvgIpc) is 2.55. The first kappa shape index (κ1) is 18.4. The van der Waals surface area contributed by atoms with Crippen LogP contribution in [0.3, 0.4) is 0 Å². The van der Waals surface area contributed by atoms with E-state index < -0.39 is 32.6 Å². The number of carbonyl (C=O) groups excluding carboxylic acids is 1. The number of alkyl halides is 2. The molecule has 0 saturated carbocycles. The van der Waals surface area contributed by atoms with Gasteiger partial charge in [-0.05, 0) is 37.3 Å². The smallest absolute Gasteiger partial charge is 0.341 e. The molecule has 0 aliphatic carbocycles. The van der Waals surface area contributed by atoms with Crippen LogP contribution in [0, 0.1) is 0 Å². The molecule has 0 aliphatic rings. The Morgan fingerprint density at radius 2 is 1.67 bits per heavy atom. The topological polar surface area (TPSA) is 60.4 Å². The molecule has 0 aromatic heterocycles. The van der Waals surface area contributed by atoms with Gasteiger partial charge in [0.15, 0.2) is 0 Å². The fourth-order valence-corrected chi connectivity index (χ4v) is 2.99. The molecule has 0 bridgehead atoms. The Morgan fingerprint density at radius 3 is 2.21 bits per heavy atom. The minimum Gasteiger partial charge on any atom is -0.454 e. The number of ether oxygens (including phenoxy) is 1. The predicted molar refractivity (Wildman–Crippen MR) is 84.9 cm³/mol. The summed E-state index contributed by atoms with van der Waals surface area (Å²) < 4.78 is 52.8. The second-order valence-electron chi connectivity index (χ2n) is 4.90. The Balaban J connectivity index is 2.15. The van der Waals surface area contributed by atoms with Crippen LogP contribution in [-0.4, -0.2) is 20.1 Å². The van der Waals surface area contributed by atoms with E-state index >= 15 is 0 Å². The van der Waals surface area contributed by atoms with Crippen LogP contribution in [-0.2, 0) is 14.6 Å². The second kappa shape index (κ2) is 7.27. The molecule has 2 rings (SSSR count). The van der Waals surface area contributed by atoms with Crippen LogP contribution in [0.5, 0.6) is 0 Å². The maximum Gasteiger partial charge on any atom is 0.341 e. The van der Waals surface area contributed by atoms with Crippen molar-refractivity contribution in [2.45, 2.75) is 23.7 Å². The van der Waals surface area contributed by atoms with Gasteiger partial charge in [0.05, 0.1) is 10.5 Å². The lowest BCUT2D eigenvalue weighted by atomic mass is 10.1. The third-order valence-electron chi connectivity index (χ3n) is 3.28. The predicted octanol–water partition coefficient (Wildman–Crippen LogP) is 4.25. The zero-order valence-electron chi connectivity index (χ0n) is 12.4. The third kappa shape index (κ3) is 3.91. The highest BCUT2D eigenvalue weighted by Crippen LogP contribution is 2.26. The fourth-order valence-electron chi connectivity index (χ4n) is 1.98. The summed E-state index contributed by atoms with van der Waals surface area (Å²) in [4.78, 5) is 11.5. The highest BCUT2D eigenvalue weighted by molar-refractivity contribution is 7.91. The summed E-state index contributed by atoms with van der Waals surface area (Å²) in [6.07, 6.45) is -0.629. The molecule has 0 fully saturated rings. The average molecular weight is 375 g/mol. The van der Waals surface area contributed by atoms with Crippen LogP contribution < -0.4 is 0 Å². The van der Waals surface area contributed by atoms with Crippen molar-refractivity contribution in [1.82, 2.24) is 0 Å². The highest BCUT2D eigenvalue weighted by atomic mass is 35.5. The van der Waals surface area contributed by atoms with Crippen molar-refractivity contribution in [3.63, 3.8) is 0 Å². The van der Waals surface area contributed by atoms with Crippen LogP contribution in [0.15, 0.2) is 53.4 Å². The van der Waals surface area contributed by atoms with Crippen LogP contribution in [0.25, 0.3) is 0 Å². The molecule has 0 radical (unpaired) electrons. The number of halogens is 3. The minimum absolute atomic E-state index is 0.0436. The van der Waals surface area contributed by atoms with E-state index in [0.717, 1.165) is 24.3 Å². The molecule has 0 aliphatic heterocycles. The molecule has 0 N–H and O–H groups in total. The number of benzene rings is 2. The van der Waals surface area contributed by atoms with E-state index in [1.165, 1.54) is 0 Å². The molecule has 1 atom stereocenters. The van der Waals surface area contributed by atoms with Gasteiger partial charge in [-0.3, -0.25) is 0 Å². The number of hydrogen-bond donors (Lipinski definition) is 0. The molecule has 0 spiro atoms. The summed E-state index contributed by atoms with van der Waals surface area (Å²) >= 11 is 6.02. The van der Waals surface area contributed by atoms with Gasteiger partial charge >= 0.3 is 11.7 Å². The molecule has 0 amide bonds. The summed E-state index contributed by atoms with van der Waals surface area (Å²) in [5, 5.41) is 0.441. The third-order valence-corrected chi connectivity index (χ3v) is 5.02. The van der Waals surface area contributed by atoms with Crippen molar-refractivity contribution in [2.75, 3.05) is 0 Å². The molecular weight excluding hydrogens is 362 g/mol. The molecule has 24 heavy (non-hydrogen) atoms. The van der Waals surface area contributed by atoms with Gasteiger partial charge in [-0.1, -0.05) is 29.8 Å². The number of rotatable bonds is 5. The molecule has 8 heteroatoms. The number of carbonyl (C=O) groups is 1. The zero-order valence-corrected chi connectivity index (χ0v) is 14.0.